The quantitative estimate of drug-likeness (QED) is 0.238. The molecule has 4 aromatic heterocycles. The van der Waals surface area contributed by atoms with E-state index < -0.39 is 5.92 Å². The predicted molar refractivity (Wildman–Crippen MR) is 175 cm³/mol. The zero-order valence-corrected chi connectivity index (χ0v) is 27.4. The lowest BCUT2D eigenvalue weighted by molar-refractivity contribution is -0.116. The Balaban J connectivity index is 0.901. The number of hydrogen-bond donors (Lipinski definition) is 2. The van der Waals surface area contributed by atoms with Crippen molar-refractivity contribution < 1.29 is 18.4 Å². The lowest BCUT2D eigenvalue weighted by Gasteiger charge is -2.40. The minimum Gasteiger partial charge on any atom is -0.371 e. The topological polar surface area (TPSA) is 142 Å². The third-order valence-corrected chi connectivity index (χ3v) is 10.7. The summed E-state index contributed by atoms with van der Waals surface area (Å²) in [4.78, 5) is 37.9. The third-order valence-electron chi connectivity index (χ3n) is 8.67. The fourth-order valence-corrected chi connectivity index (χ4v) is 8.13. The fraction of sp³-hybridized carbons (Fsp3) is 0.484. The summed E-state index contributed by atoms with van der Waals surface area (Å²) in [7, 11) is 0. The predicted octanol–water partition coefficient (Wildman–Crippen LogP) is 4.89. The number of nitrogens with one attached hydrogen (secondary N) is 2. The Bertz CT molecular complexity index is 1750. The van der Waals surface area contributed by atoms with Crippen LogP contribution in [0.15, 0.2) is 36.7 Å². The van der Waals surface area contributed by atoms with Crippen LogP contribution in [0.5, 0.6) is 0 Å². The molecule has 0 radical (unpaired) electrons. The van der Waals surface area contributed by atoms with Gasteiger partial charge in [0.15, 0.2) is 0 Å². The molecule has 2 amide bonds. The molecule has 1 aliphatic carbocycles. The minimum absolute atomic E-state index is 0.00471. The van der Waals surface area contributed by atoms with Crippen molar-refractivity contribution in [2.24, 2.45) is 5.92 Å². The Labute approximate surface area is 278 Å². The fourth-order valence-electron chi connectivity index (χ4n) is 6.32. The van der Waals surface area contributed by atoms with Crippen LogP contribution in [-0.4, -0.2) is 74.3 Å². The molecule has 4 aromatic rings. The maximum Gasteiger partial charge on any atom is 0.282 e. The standard InChI is InChI=1S/C31H34F2N10O2S2/c1-18-14-42(15-18)23-5-7-34-21(10-23)12-25(44)36-29-40-38-27(46-29)19-3-2-4-20(9-19)28-39-41-30(47-28)37-26(45)13-22-11-24(6-8-35-22)43-16-31(32,33)17-43/h5-8,10-11,18-20H,2-4,9,12-17H2,1H3,(H,36,40,44)(H,37,41,45)/t19-,20-/m0/s1. The maximum absolute atomic E-state index is 13.3. The van der Waals surface area contributed by atoms with E-state index in [1.54, 1.807) is 23.2 Å². The summed E-state index contributed by atoms with van der Waals surface area (Å²) >= 11 is 2.75. The third kappa shape index (κ3) is 7.53. The van der Waals surface area contributed by atoms with Gasteiger partial charge >= 0.3 is 0 Å². The van der Waals surface area contributed by atoms with Crippen LogP contribution in [0.2, 0.25) is 0 Å². The van der Waals surface area contributed by atoms with Crippen LogP contribution >= 0.6 is 22.7 Å². The average Bonchev–Trinajstić information content (AvgIpc) is 3.68. The first-order valence-corrected chi connectivity index (χ1v) is 17.3. The van der Waals surface area contributed by atoms with Crippen LogP contribution < -0.4 is 20.4 Å². The highest BCUT2D eigenvalue weighted by Crippen LogP contribution is 2.43. The number of anilines is 4. The van der Waals surface area contributed by atoms with Crippen molar-refractivity contribution >= 4 is 56.1 Å². The van der Waals surface area contributed by atoms with Gasteiger partial charge in [-0.25, -0.2) is 8.78 Å². The highest BCUT2D eigenvalue weighted by molar-refractivity contribution is 7.15. The van der Waals surface area contributed by atoms with Gasteiger partial charge in [-0.2, -0.15) is 0 Å². The number of pyridine rings is 2. The van der Waals surface area contributed by atoms with Crippen molar-refractivity contribution in [2.75, 3.05) is 46.6 Å². The van der Waals surface area contributed by atoms with Crippen LogP contribution in [-0.2, 0) is 22.4 Å². The van der Waals surface area contributed by atoms with E-state index in [0.29, 0.717) is 27.6 Å². The zero-order valence-electron chi connectivity index (χ0n) is 25.7. The van der Waals surface area contributed by atoms with E-state index in [2.05, 4.69) is 52.8 Å². The molecular weight excluding hydrogens is 647 g/mol. The highest BCUT2D eigenvalue weighted by Gasteiger charge is 2.44. The first kappa shape index (κ1) is 31.4. The van der Waals surface area contributed by atoms with E-state index in [1.807, 2.05) is 12.1 Å². The van der Waals surface area contributed by atoms with Crippen LogP contribution in [0.4, 0.5) is 30.4 Å². The van der Waals surface area contributed by atoms with Crippen LogP contribution in [0.1, 0.15) is 65.8 Å². The number of carbonyl (C=O) groups is 2. The van der Waals surface area contributed by atoms with Crippen molar-refractivity contribution in [1.29, 1.82) is 0 Å². The molecule has 2 atom stereocenters. The molecule has 2 N–H and O–H groups in total. The maximum atomic E-state index is 13.3. The Morgan fingerprint density at radius 2 is 1.34 bits per heavy atom. The number of alkyl halides is 2. The molecule has 2 saturated heterocycles. The van der Waals surface area contributed by atoms with E-state index in [1.165, 1.54) is 28.9 Å². The molecule has 0 bridgehead atoms. The lowest BCUT2D eigenvalue weighted by Crippen LogP contribution is -2.56. The van der Waals surface area contributed by atoms with Gasteiger partial charge in [0.05, 0.1) is 37.3 Å². The Kier molecular flexibility index (Phi) is 8.79. The molecule has 1 saturated carbocycles. The molecule has 3 aliphatic rings. The number of hydrogen-bond acceptors (Lipinski definition) is 12. The summed E-state index contributed by atoms with van der Waals surface area (Å²) in [5.74, 6) is -2.12. The molecule has 7 rings (SSSR count). The molecular formula is C31H34F2N10O2S2. The van der Waals surface area contributed by atoms with Gasteiger partial charge in [-0.1, -0.05) is 36.0 Å². The van der Waals surface area contributed by atoms with E-state index >= 15 is 0 Å². The summed E-state index contributed by atoms with van der Waals surface area (Å²) in [5, 5.41) is 25.5. The van der Waals surface area contributed by atoms with Gasteiger partial charge in [0.1, 0.15) is 10.0 Å². The molecule has 0 unspecified atom stereocenters. The SMILES string of the molecule is CC1CN(c2ccnc(CC(=O)Nc3nnc([C@H]4CCC[C@H](c5nnc(NC(=O)Cc6cc(N7CC(F)(F)C7)ccn6)s5)C4)s3)c2)C1. The smallest absolute Gasteiger partial charge is 0.282 e. The van der Waals surface area contributed by atoms with E-state index in [-0.39, 0.29) is 49.6 Å². The molecule has 3 fully saturated rings. The molecule has 47 heavy (non-hydrogen) atoms. The van der Waals surface area contributed by atoms with Crippen LogP contribution in [0, 0.1) is 5.92 Å². The number of nitrogens with zero attached hydrogens (tertiary/aromatic N) is 8. The summed E-state index contributed by atoms with van der Waals surface area (Å²) in [6.07, 6.45) is 7.16. The van der Waals surface area contributed by atoms with Gasteiger partial charge in [0.2, 0.25) is 22.1 Å². The normalized spacial score (nSPS) is 20.7. The summed E-state index contributed by atoms with van der Waals surface area (Å²) < 4.78 is 26.5. The largest absolute Gasteiger partial charge is 0.371 e. The van der Waals surface area contributed by atoms with E-state index in [0.717, 1.165) is 60.2 Å². The second kappa shape index (κ2) is 13.1. The van der Waals surface area contributed by atoms with Crippen molar-refractivity contribution in [3.63, 3.8) is 0 Å². The molecule has 0 aromatic carbocycles. The van der Waals surface area contributed by atoms with Crippen molar-refractivity contribution in [3.05, 3.63) is 58.1 Å². The monoisotopic (exact) mass is 680 g/mol. The van der Waals surface area contributed by atoms with E-state index in [4.69, 9.17) is 0 Å². The van der Waals surface area contributed by atoms with Gasteiger partial charge < -0.3 is 20.4 Å². The molecule has 16 heteroatoms. The summed E-state index contributed by atoms with van der Waals surface area (Å²) in [5.41, 5.74) is 2.93. The van der Waals surface area contributed by atoms with Gasteiger partial charge in [0, 0.05) is 48.7 Å². The average molecular weight is 681 g/mol. The van der Waals surface area contributed by atoms with Gasteiger partial charge in [0.25, 0.3) is 5.92 Å². The molecule has 2 aliphatic heterocycles. The summed E-state index contributed by atoms with van der Waals surface area (Å²) in [6.45, 7) is 3.59. The first-order valence-electron chi connectivity index (χ1n) is 15.7. The lowest BCUT2D eigenvalue weighted by atomic mass is 9.82. The van der Waals surface area contributed by atoms with Crippen LogP contribution in [0.25, 0.3) is 0 Å². The Hall–Kier alpha value is -4.18. The van der Waals surface area contributed by atoms with Crippen molar-refractivity contribution in [1.82, 2.24) is 30.4 Å². The number of halogens is 2. The van der Waals surface area contributed by atoms with Gasteiger partial charge in [-0.05, 0) is 49.4 Å². The number of amides is 2. The number of aromatic nitrogens is 6. The molecule has 0 spiro atoms. The molecule has 12 nitrogen and oxygen atoms in total. The second-order valence-corrected chi connectivity index (χ2v) is 14.7. The van der Waals surface area contributed by atoms with Crippen molar-refractivity contribution in [2.45, 2.75) is 63.2 Å². The molecule has 246 valence electrons. The number of rotatable bonds is 10. The molecule has 6 heterocycles. The Morgan fingerprint density at radius 3 is 1.83 bits per heavy atom. The Morgan fingerprint density at radius 1 is 0.830 bits per heavy atom. The van der Waals surface area contributed by atoms with Crippen molar-refractivity contribution in [3.8, 4) is 0 Å². The number of carbonyl (C=O) groups excluding carboxylic acids is 2. The van der Waals surface area contributed by atoms with E-state index in [9.17, 15) is 18.4 Å². The minimum atomic E-state index is -2.68. The van der Waals surface area contributed by atoms with Gasteiger partial charge in [-0.15, -0.1) is 20.4 Å². The van der Waals surface area contributed by atoms with Crippen LogP contribution in [0.3, 0.4) is 0 Å². The highest BCUT2D eigenvalue weighted by atomic mass is 32.1. The van der Waals surface area contributed by atoms with Gasteiger partial charge in [-0.3, -0.25) is 19.6 Å². The first-order chi connectivity index (χ1) is 22.7. The second-order valence-electron chi connectivity index (χ2n) is 12.6. The zero-order chi connectivity index (χ0) is 32.5. The summed E-state index contributed by atoms with van der Waals surface area (Å²) in [6, 6.07) is 7.28.